The maximum absolute atomic E-state index is 12.5. The van der Waals surface area contributed by atoms with E-state index in [0.29, 0.717) is 34.5 Å². The predicted molar refractivity (Wildman–Crippen MR) is 106 cm³/mol. The van der Waals surface area contributed by atoms with Crippen molar-refractivity contribution in [3.8, 4) is 11.5 Å². The van der Waals surface area contributed by atoms with E-state index in [4.69, 9.17) is 21.1 Å². The van der Waals surface area contributed by atoms with Gasteiger partial charge in [0.05, 0.1) is 7.11 Å². The van der Waals surface area contributed by atoms with Gasteiger partial charge in [-0.3, -0.25) is 4.79 Å². The van der Waals surface area contributed by atoms with Crippen molar-refractivity contribution in [1.29, 1.82) is 0 Å². The zero-order valence-corrected chi connectivity index (χ0v) is 15.8. The number of halogens is 1. The summed E-state index contributed by atoms with van der Waals surface area (Å²) in [6, 6.07) is 17.9. The van der Waals surface area contributed by atoms with Gasteiger partial charge in [-0.25, -0.2) is 4.98 Å². The summed E-state index contributed by atoms with van der Waals surface area (Å²) in [7, 11) is 1.53. The predicted octanol–water partition coefficient (Wildman–Crippen LogP) is 4.88. The molecule has 3 rings (SSSR count). The molecule has 0 saturated heterocycles. The van der Waals surface area contributed by atoms with E-state index in [9.17, 15) is 4.79 Å². The Bertz CT molecular complexity index is 960. The molecule has 3 aromatic rings. The Morgan fingerprint density at radius 1 is 1.07 bits per heavy atom. The lowest BCUT2D eigenvalue weighted by atomic mass is 10.2. The third-order valence-corrected chi connectivity index (χ3v) is 4.27. The molecule has 0 radical (unpaired) electrons. The number of nitrogens with one attached hydrogen (secondary N) is 1. The molecule has 1 amide bonds. The van der Waals surface area contributed by atoms with Crippen LogP contribution in [0.2, 0.25) is 5.02 Å². The summed E-state index contributed by atoms with van der Waals surface area (Å²) in [4.78, 5) is 16.7. The van der Waals surface area contributed by atoms with E-state index in [1.807, 2.05) is 43.3 Å². The summed E-state index contributed by atoms with van der Waals surface area (Å²) >= 11 is 6.15. The fraction of sp³-hybridized carbons (Fsp3) is 0.143. The average molecular weight is 383 g/mol. The average Bonchev–Trinajstić information content (AvgIpc) is 2.67. The van der Waals surface area contributed by atoms with Crippen LogP contribution in [0.1, 0.15) is 21.6 Å². The molecule has 0 unspecified atom stereocenters. The molecule has 0 spiro atoms. The number of methoxy groups -OCH3 is 1. The molecule has 1 heterocycles. The number of ether oxygens (including phenoxy) is 2. The Balaban J connectivity index is 1.73. The van der Waals surface area contributed by atoms with Gasteiger partial charge in [-0.05, 0) is 43.3 Å². The number of aryl methyl sites for hydroxylation is 1. The molecule has 0 atom stereocenters. The molecule has 0 saturated carbocycles. The van der Waals surface area contributed by atoms with E-state index in [-0.39, 0.29) is 5.91 Å². The van der Waals surface area contributed by atoms with Gasteiger partial charge in [0.15, 0.2) is 11.5 Å². The largest absolute Gasteiger partial charge is 0.493 e. The number of rotatable bonds is 6. The van der Waals surface area contributed by atoms with Crippen molar-refractivity contribution in [2.45, 2.75) is 13.5 Å². The number of amides is 1. The highest BCUT2D eigenvalue weighted by molar-refractivity contribution is 6.31. The van der Waals surface area contributed by atoms with Crippen LogP contribution in [-0.2, 0) is 6.61 Å². The topological polar surface area (TPSA) is 60.5 Å². The van der Waals surface area contributed by atoms with Gasteiger partial charge < -0.3 is 14.8 Å². The second-order valence-corrected chi connectivity index (χ2v) is 6.27. The van der Waals surface area contributed by atoms with Gasteiger partial charge in [0.2, 0.25) is 0 Å². The number of hydrogen-bond donors (Lipinski definition) is 1. The molecule has 6 heteroatoms. The zero-order chi connectivity index (χ0) is 19.2. The summed E-state index contributed by atoms with van der Waals surface area (Å²) in [6.45, 7) is 2.17. The molecule has 1 N–H and O–H groups in total. The van der Waals surface area contributed by atoms with E-state index in [1.165, 1.54) is 7.11 Å². The number of carbonyl (C=O) groups is 1. The van der Waals surface area contributed by atoms with Crippen molar-refractivity contribution in [2.24, 2.45) is 0 Å². The van der Waals surface area contributed by atoms with Crippen LogP contribution in [0.4, 0.5) is 5.82 Å². The molecule has 0 bridgehead atoms. The number of nitrogens with zero attached hydrogens (tertiary/aromatic N) is 1. The monoisotopic (exact) mass is 382 g/mol. The molecular formula is C21H19ClN2O3. The highest BCUT2D eigenvalue weighted by Gasteiger charge is 2.12. The lowest BCUT2D eigenvalue weighted by Gasteiger charge is -2.13. The van der Waals surface area contributed by atoms with Crippen LogP contribution in [0.5, 0.6) is 11.5 Å². The second-order valence-electron chi connectivity index (χ2n) is 5.86. The zero-order valence-electron chi connectivity index (χ0n) is 15.0. The maximum Gasteiger partial charge on any atom is 0.256 e. The number of benzene rings is 2. The third-order valence-electron chi connectivity index (χ3n) is 3.90. The van der Waals surface area contributed by atoms with Gasteiger partial charge in [0.25, 0.3) is 5.91 Å². The van der Waals surface area contributed by atoms with Crippen LogP contribution < -0.4 is 14.8 Å². The van der Waals surface area contributed by atoms with E-state index in [2.05, 4.69) is 10.3 Å². The van der Waals surface area contributed by atoms with E-state index in [1.54, 1.807) is 24.3 Å². The molecular weight excluding hydrogens is 364 g/mol. The van der Waals surface area contributed by atoms with Crippen LogP contribution in [-0.4, -0.2) is 18.0 Å². The molecule has 0 aliphatic carbocycles. The lowest BCUT2D eigenvalue weighted by molar-refractivity contribution is 0.102. The van der Waals surface area contributed by atoms with E-state index in [0.717, 1.165) is 11.3 Å². The van der Waals surface area contributed by atoms with Crippen LogP contribution >= 0.6 is 11.6 Å². The molecule has 0 aliphatic rings. The maximum atomic E-state index is 12.5. The molecule has 2 aromatic carbocycles. The number of aromatic nitrogens is 1. The Morgan fingerprint density at radius 3 is 2.63 bits per heavy atom. The van der Waals surface area contributed by atoms with Crippen LogP contribution in [0.25, 0.3) is 0 Å². The van der Waals surface area contributed by atoms with Crippen LogP contribution in [0, 0.1) is 6.92 Å². The fourth-order valence-electron chi connectivity index (χ4n) is 2.50. The van der Waals surface area contributed by atoms with Crippen molar-refractivity contribution >= 4 is 23.3 Å². The molecule has 138 valence electrons. The fourth-order valence-corrected chi connectivity index (χ4v) is 2.69. The first-order valence-corrected chi connectivity index (χ1v) is 8.74. The van der Waals surface area contributed by atoms with Gasteiger partial charge >= 0.3 is 0 Å². The minimum Gasteiger partial charge on any atom is -0.493 e. The Morgan fingerprint density at radius 2 is 1.89 bits per heavy atom. The van der Waals surface area contributed by atoms with Crippen molar-refractivity contribution in [3.63, 3.8) is 0 Å². The summed E-state index contributed by atoms with van der Waals surface area (Å²) in [5, 5.41) is 3.41. The molecule has 0 aliphatic heterocycles. The number of anilines is 1. The molecule has 27 heavy (non-hydrogen) atoms. The van der Waals surface area contributed by atoms with Crippen LogP contribution in [0.3, 0.4) is 0 Å². The van der Waals surface area contributed by atoms with Gasteiger partial charge in [0.1, 0.15) is 12.4 Å². The minimum atomic E-state index is -0.274. The van der Waals surface area contributed by atoms with E-state index < -0.39 is 0 Å². The van der Waals surface area contributed by atoms with Gasteiger partial charge in [0, 0.05) is 21.8 Å². The Hall–Kier alpha value is -3.05. The van der Waals surface area contributed by atoms with Crippen molar-refractivity contribution in [1.82, 2.24) is 4.98 Å². The Kier molecular flexibility index (Phi) is 5.94. The summed E-state index contributed by atoms with van der Waals surface area (Å²) in [6.07, 6.45) is 0. The summed E-state index contributed by atoms with van der Waals surface area (Å²) < 4.78 is 11.2. The highest BCUT2D eigenvalue weighted by atomic mass is 35.5. The minimum absolute atomic E-state index is 0.274. The quantitative estimate of drug-likeness (QED) is 0.659. The summed E-state index contributed by atoms with van der Waals surface area (Å²) in [5.41, 5.74) is 2.14. The van der Waals surface area contributed by atoms with Crippen LogP contribution in [0.15, 0.2) is 60.7 Å². The highest BCUT2D eigenvalue weighted by Crippen LogP contribution is 2.30. The Labute approximate surface area is 162 Å². The molecule has 1 aromatic heterocycles. The van der Waals surface area contributed by atoms with Crippen molar-refractivity contribution in [2.75, 3.05) is 12.4 Å². The number of hydrogen-bond acceptors (Lipinski definition) is 4. The van der Waals surface area contributed by atoms with Gasteiger partial charge in [-0.2, -0.15) is 0 Å². The standard InChI is InChI=1S/C21H19ClN2O3/c1-14-6-5-9-20(23-14)24-21(25)15-10-11-18(19(12-15)26-2)27-13-16-7-3-4-8-17(16)22/h3-12H,13H2,1-2H3,(H,23,24,25). The first-order valence-electron chi connectivity index (χ1n) is 8.36. The molecule has 0 fully saturated rings. The van der Waals surface area contributed by atoms with Crippen molar-refractivity contribution < 1.29 is 14.3 Å². The SMILES string of the molecule is COc1cc(C(=O)Nc2cccc(C)n2)ccc1OCc1ccccc1Cl. The van der Waals surface area contributed by atoms with E-state index >= 15 is 0 Å². The molecule has 5 nitrogen and oxygen atoms in total. The first-order chi connectivity index (χ1) is 13.1. The second kappa shape index (κ2) is 8.56. The van der Waals surface area contributed by atoms with Crippen molar-refractivity contribution in [3.05, 3.63) is 82.5 Å². The first kappa shape index (κ1) is 18.7. The van der Waals surface area contributed by atoms with Gasteiger partial charge in [-0.15, -0.1) is 0 Å². The normalized spacial score (nSPS) is 10.3. The summed E-state index contributed by atoms with van der Waals surface area (Å²) in [5.74, 6) is 1.22. The van der Waals surface area contributed by atoms with Gasteiger partial charge in [-0.1, -0.05) is 35.9 Å². The smallest absolute Gasteiger partial charge is 0.256 e. The lowest BCUT2D eigenvalue weighted by Crippen LogP contribution is -2.13. The number of pyridine rings is 1. The number of carbonyl (C=O) groups excluding carboxylic acids is 1. The third kappa shape index (κ3) is 4.77.